The van der Waals surface area contributed by atoms with Crippen LogP contribution in [-0.2, 0) is 0 Å². The van der Waals surface area contributed by atoms with Gasteiger partial charge in [-0.1, -0.05) is 36.4 Å². The topological polar surface area (TPSA) is 42.2 Å². The summed E-state index contributed by atoms with van der Waals surface area (Å²) in [5.74, 6) is 0.896. The predicted molar refractivity (Wildman–Crippen MR) is 85.4 cm³/mol. The summed E-state index contributed by atoms with van der Waals surface area (Å²) in [6, 6.07) is 16.7. The molecule has 3 heteroatoms. The van der Waals surface area contributed by atoms with Crippen LogP contribution in [0.5, 0.6) is 0 Å². The lowest BCUT2D eigenvalue weighted by molar-refractivity contribution is 1.13. The quantitative estimate of drug-likeness (QED) is 0.762. The van der Waals surface area contributed by atoms with E-state index in [0.717, 1.165) is 22.8 Å². The molecular weight excluding hydrogens is 246 g/mol. The van der Waals surface area contributed by atoms with Crippen LogP contribution in [0.3, 0.4) is 0 Å². The number of nitrogens with two attached hydrogens (primary N) is 1. The SMILES string of the molecule is Cc1cc(N(C)c2cccc3ccccc23)ncc1N. The molecule has 0 amide bonds. The predicted octanol–water partition coefficient (Wildman–Crippen LogP) is 3.89. The van der Waals surface area contributed by atoms with Crippen LogP contribution in [0.15, 0.2) is 54.7 Å². The Morgan fingerprint density at radius 1 is 1.05 bits per heavy atom. The first-order valence-corrected chi connectivity index (χ1v) is 6.60. The Labute approximate surface area is 118 Å². The summed E-state index contributed by atoms with van der Waals surface area (Å²) in [7, 11) is 2.03. The van der Waals surface area contributed by atoms with Crippen molar-refractivity contribution in [2.45, 2.75) is 6.92 Å². The van der Waals surface area contributed by atoms with Crippen molar-refractivity contribution in [1.82, 2.24) is 4.98 Å². The number of hydrogen-bond donors (Lipinski definition) is 1. The molecule has 2 N–H and O–H groups in total. The smallest absolute Gasteiger partial charge is 0.133 e. The van der Waals surface area contributed by atoms with E-state index < -0.39 is 0 Å². The molecule has 0 saturated heterocycles. The fraction of sp³-hybridized carbons (Fsp3) is 0.118. The molecule has 0 aliphatic rings. The number of hydrogen-bond acceptors (Lipinski definition) is 3. The Bertz CT molecular complexity index is 760. The van der Waals surface area contributed by atoms with Crippen molar-refractivity contribution in [2.75, 3.05) is 17.7 Å². The molecule has 3 aromatic rings. The molecule has 0 saturated carbocycles. The highest BCUT2D eigenvalue weighted by atomic mass is 15.2. The Kier molecular flexibility index (Phi) is 3.03. The molecule has 0 unspecified atom stereocenters. The minimum absolute atomic E-state index is 0.722. The van der Waals surface area contributed by atoms with Crippen molar-refractivity contribution in [3.05, 3.63) is 60.3 Å². The maximum atomic E-state index is 5.84. The van der Waals surface area contributed by atoms with Crippen molar-refractivity contribution in [3.63, 3.8) is 0 Å². The molecule has 0 fully saturated rings. The van der Waals surface area contributed by atoms with Crippen LogP contribution in [0.4, 0.5) is 17.2 Å². The second-order valence-corrected chi connectivity index (χ2v) is 4.96. The van der Waals surface area contributed by atoms with Crippen LogP contribution in [0.2, 0.25) is 0 Å². The van der Waals surface area contributed by atoms with E-state index >= 15 is 0 Å². The number of benzene rings is 2. The monoisotopic (exact) mass is 263 g/mol. The fourth-order valence-corrected chi connectivity index (χ4v) is 2.36. The zero-order valence-electron chi connectivity index (χ0n) is 11.7. The second-order valence-electron chi connectivity index (χ2n) is 4.96. The third-order valence-electron chi connectivity index (χ3n) is 3.61. The number of fused-ring (bicyclic) bond motifs is 1. The van der Waals surface area contributed by atoms with Gasteiger partial charge in [-0.05, 0) is 30.0 Å². The third kappa shape index (κ3) is 2.07. The third-order valence-corrected chi connectivity index (χ3v) is 3.61. The zero-order valence-corrected chi connectivity index (χ0v) is 11.7. The van der Waals surface area contributed by atoms with Gasteiger partial charge in [0.25, 0.3) is 0 Å². The lowest BCUT2D eigenvalue weighted by Gasteiger charge is -2.21. The van der Waals surface area contributed by atoms with E-state index in [2.05, 4.69) is 52.3 Å². The van der Waals surface area contributed by atoms with Crippen molar-refractivity contribution in [3.8, 4) is 0 Å². The summed E-state index contributed by atoms with van der Waals surface area (Å²) in [5, 5.41) is 2.44. The van der Waals surface area contributed by atoms with Crippen LogP contribution < -0.4 is 10.6 Å². The number of nitrogen functional groups attached to an aromatic ring is 1. The van der Waals surface area contributed by atoms with Gasteiger partial charge in [0.05, 0.1) is 11.9 Å². The molecule has 1 heterocycles. The number of nitrogens with zero attached hydrogens (tertiary/aromatic N) is 2. The normalized spacial score (nSPS) is 10.7. The first kappa shape index (κ1) is 12.5. The molecule has 0 aliphatic heterocycles. The Balaban J connectivity index is 2.12. The molecule has 3 nitrogen and oxygen atoms in total. The Hall–Kier alpha value is -2.55. The van der Waals surface area contributed by atoms with Gasteiger partial charge in [-0.15, -0.1) is 0 Å². The highest BCUT2D eigenvalue weighted by Crippen LogP contribution is 2.30. The van der Waals surface area contributed by atoms with E-state index in [0.29, 0.717) is 0 Å². The zero-order chi connectivity index (χ0) is 14.1. The molecule has 3 rings (SSSR count). The standard InChI is InChI=1S/C17H17N3/c1-12-10-17(19-11-15(12)18)20(2)16-9-5-7-13-6-3-4-8-14(13)16/h3-11H,18H2,1-2H3. The average molecular weight is 263 g/mol. The summed E-state index contributed by atoms with van der Waals surface area (Å²) in [6.07, 6.45) is 1.71. The summed E-state index contributed by atoms with van der Waals surface area (Å²) in [5.41, 5.74) is 8.74. The van der Waals surface area contributed by atoms with Crippen molar-refractivity contribution in [1.29, 1.82) is 0 Å². The van der Waals surface area contributed by atoms with Crippen molar-refractivity contribution in [2.24, 2.45) is 0 Å². The molecule has 1 aromatic heterocycles. The first-order valence-electron chi connectivity index (χ1n) is 6.60. The summed E-state index contributed by atoms with van der Waals surface area (Å²) < 4.78 is 0. The van der Waals surface area contributed by atoms with Crippen LogP contribution in [0.25, 0.3) is 10.8 Å². The molecule has 2 aromatic carbocycles. The molecule has 0 bridgehead atoms. The minimum atomic E-state index is 0.722. The molecule has 100 valence electrons. The lowest BCUT2D eigenvalue weighted by atomic mass is 10.1. The van der Waals surface area contributed by atoms with Crippen LogP contribution in [0.1, 0.15) is 5.56 Å². The van der Waals surface area contributed by atoms with Crippen molar-refractivity contribution >= 4 is 28.0 Å². The van der Waals surface area contributed by atoms with Crippen molar-refractivity contribution < 1.29 is 0 Å². The summed E-state index contributed by atoms with van der Waals surface area (Å²) in [6.45, 7) is 2.00. The Morgan fingerprint density at radius 2 is 1.80 bits per heavy atom. The first-order chi connectivity index (χ1) is 9.66. The number of aromatic nitrogens is 1. The van der Waals surface area contributed by atoms with Gasteiger partial charge in [0.15, 0.2) is 0 Å². The second kappa shape index (κ2) is 4.85. The van der Waals surface area contributed by atoms with Crippen LogP contribution in [-0.4, -0.2) is 12.0 Å². The van der Waals surface area contributed by atoms with Gasteiger partial charge in [0.2, 0.25) is 0 Å². The van der Waals surface area contributed by atoms with Gasteiger partial charge in [0, 0.05) is 18.1 Å². The fourth-order valence-electron chi connectivity index (χ4n) is 2.36. The van der Waals surface area contributed by atoms with E-state index in [1.807, 2.05) is 20.0 Å². The van der Waals surface area contributed by atoms with E-state index in [-0.39, 0.29) is 0 Å². The van der Waals surface area contributed by atoms with E-state index in [1.165, 1.54) is 10.8 Å². The molecular formula is C17H17N3. The van der Waals surface area contributed by atoms with Crippen LogP contribution >= 0.6 is 0 Å². The van der Waals surface area contributed by atoms with Gasteiger partial charge < -0.3 is 10.6 Å². The maximum Gasteiger partial charge on any atom is 0.133 e. The Morgan fingerprint density at radius 3 is 2.60 bits per heavy atom. The largest absolute Gasteiger partial charge is 0.397 e. The van der Waals surface area contributed by atoms with Gasteiger partial charge in [-0.25, -0.2) is 4.98 Å². The van der Waals surface area contributed by atoms with Gasteiger partial charge in [-0.2, -0.15) is 0 Å². The van der Waals surface area contributed by atoms with E-state index in [4.69, 9.17) is 5.73 Å². The molecule has 0 aliphatic carbocycles. The number of aryl methyl sites for hydroxylation is 1. The van der Waals surface area contributed by atoms with E-state index in [9.17, 15) is 0 Å². The van der Waals surface area contributed by atoms with E-state index in [1.54, 1.807) is 6.20 Å². The highest BCUT2D eigenvalue weighted by Gasteiger charge is 2.09. The minimum Gasteiger partial charge on any atom is -0.397 e. The lowest BCUT2D eigenvalue weighted by Crippen LogP contribution is -2.12. The summed E-state index contributed by atoms with van der Waals surface area (Å²) >= 11 is 0. The maximum absolute atomic E-state index is 5.84. The molecule has 0 spiro atoms. The van der Waals surface area contributed by atoms with Gasteiger partial charge in [-0.3, -0.25) is 0 Å². The number of anilines is 3. The average Bonchev–Trinajstić information content (AvgIpc) is 2.49. The summed E-state index contributed by atoms with van der Waals surface area (Å²) in [4.78, 5) is 6.52. The number of rotatable bonds is 2. The highest BCUT2D eigenvalue weighted by molar-refractivity contribution is 5.95. The number of pyridine rings is 1. The molecule has 20 heavy (non-hydrogen) atoms. The van der Waals surface area contributed by atoms with Gasteiger partial charge >= 0.3 is 0 Å². The van der Waals surface area contributed by atoms with Gasteiger partial charge in [0.1, 0.15) is 5.82 Å². The van der Waals surface area contributed by atoms with Crippen LogP contribution in [0, 0.1) is 6.92 Å². The molecule has 0 atom stereocenters. The molecule has 0 radical (unpaired) electrons.